The number of rotatable bonds is 5. The summed E-state index contributed by atoms with van der Waals surface area (Å²) in [6, 6.07) is 14.8. The summed E-state index contributed by atoms with van der Waals surface area (Å²) in [5, 5.41) is 3.00. The lowest BCUT2D eigenvalue weighted by atomic mass is 10.1. The third-order valence-electron chi connectivity index (χ3n) is 4.52. The maximum absolute atomic E-state index is 13.5. The highest BCUT2D eigenvalue weighted by molar-refractivity contribution is 5.66. The van der Waals surface area contributed by atoms with E-state index in [-0.39, 0.29) is 11.8 Å². The molecule has 1 heterocycles. The lowest BCUT2D eigenvalue weighted by Gasteiger charge is -2.23. The highest BCUT2D eigenvalue weighted by Crippen LogP contribution is 2.37. The minimum Gasteiger partial charge on any atom is -0.329 e. The van der Waals surface area contributed by atoms with E-state index in [0.717, 1.165) is 29.4 Å². The van der Waals surface area contributed by atoms with Gasteiger partial charge in [-0.15, -0.1) is 0 Å². The molecule has 0 saturated heterocycles. The molecule has 0 bridgehead atoms. The van der Waals surface area contributed by atoms with Crippen LogP contribution < -0.4 is 10.2 Å². The van der Waals surface area contributed by atoms with Crippen LogP contribution in [0.5, 0.6) is 0 Å². The van der Waals surface area contributed by atoms with Gasteiger partial charge in [-0.1, -0.05) is 37.3 Å². The number of nitrogens with zero attached hydrogens (tertiary/aromatic N) is 3. The van der Waals surface area contributed by atoms with Crippen molar-refractivity contribution in [1.82, 2.24) is 9.97 Å². The summed E-state index contributed by atoms with van der Waals surface area (Å²) in [6.07, 6.45) is -2.89. The van der Waals surface area contributed by atoms with Crippen molar-refractivity contribution < 1.29 is 13.2 Å². The molecule has 3 rings (SSSR count). The number of anilines is 4. The summed E-state index contributed by atoms with van der Waals surface area (Å²) in [5.74, 6) is -0.0999. The van der Waals surface area contributed by atoms with Crippen LogP contribution in [-0.2, 0) is 12.6 Å². The van der Waals surface area contributed by atoms with E-state index in [1.807, 2.05) is 50.2 Å². The number of para-hydroxylation sites is 1. The summed E-state index contributed by atoms with van der Waals surface area (Å²) < 4.78 is 40.6. The molecule has 2 aromatic carbocycles. The molecule has 28 heavy (non-hydrogen) atoms. The molecule has 0 fully saturated rings. The lowest BCUT2D eigenvalue weighted by molar-refractivity contribution is -0.137. The van der Waals surface area contributed by atoms with E-state index in [0.29, 0.717) is 5.69 Å². The first-order valence-corrected chi connectivity index (χ1v) is 8.89. The van der Waals surface area contributed by atoms with E-state index in [2.05, 4.69) is 15.3 Å². The fraction of sp³-hybridized carbons (Fsp3) is 0.238. The van der Waals surface area contributed by atoms with Crippen molar-refractivity contribution in [3.63, 3.8) is 0 Å². The molecule has 0 amide bonds. The van der Waals surface area contributed by atoms with Crippen LogP contribution in [0, 0.1) is 6.92 Å². The van der Waals surface area contributed by atoms with Gasteiger partial charge in [-0.25, -0.2) is 4.98 Å². The Balaban J connectivity index is 2.01. The van der Waals surface area contributed by atoms with Gasteiger partial charge in [0.15, 0.2) is 5.82 Å². The number of aryl methyl sites for hydroxylation is 2. The second kappa shape index (κ2) is 7.88. The third kappa shape index (κ3) is 4.24. The van der Waals surface area contributed by atoms with Gasteiger partial charge in [0.05, 0.1) is 0 Å². The van der Waals surface area contributed by atoms with Gasteiger partial charge in [0, 0.05) is 24.6 Å². The van der Waals surface area contributed by atoms with Crippen molar-refractivity contribution >= 4 is 23.1 Å². The lowest BCUT2D eigenvalue weighted by Crippen LogP contribution is -2.19. The Morgan fingerprint density at radius 3 is 2.32 bits per heavy atom. The van der Waals surface area contributed by atoms with Crippen molar-refractivity contribution in [1.29, 1.82) is 0 Å². The summed E-state index contributed by atoms with van der Waals surface area (Å²) in [6.45, 7) is 3.92. The van der Waals surface area contributed by atoms with Crippen LogP contribution in [0.15, 0.2) is 54.7 Å². The number of aromatic nitrogens is 2. The fourth-order valence-corrected chi connectivity index (χ4v) is 2.80. The minimum atomic E-state index is -4.56. The van der Waals surface area contributed by atoms with E-state index < -0.39 is 11.7 Å². The summed E-state index contributed by atoms with van der Waals surface area (Å²) >= 11 is 0. The first-order valence-electron chi connectivity index (χ1n) is 8.89. The highest BCUT2D eigenvalue weighted by Gasteiger charge is 2.36. The zero-order valence-corrected chi connectivity index (χ0v) is 15.9. The van der Waals surface area contributed by atoms with Gasteiger partial charge in [-0.05, 0) is 42.7 Å². The molecule has 1 aromatic heterocycles. The molecule has 0 aliphatic heterocycles. The second-order valence-electron chi connectivity index (χ2n) is 6.45. The van der Waals surface area contributed by atoms with Gasteiger partial charge in [0.1, 0.15) is 5.56 Å². The average Bonchev–Trinajstić information content (AvgIpc) is 2.68. The summed E-state index contributed by atoms with van der Waals surface area (Å²) in [7, 11) is 1.57. The van der Waals surface area contributed by atoms with E-state index >= 15 is 0 Å². The van der Waals surface area contributed by atoms with Gasteiger partial charge < -0.3 is 10.2 Å². The molecule has 146 valence electrons. The van der Waals surface area contributed by atoms with Gasteiger partial charge in [-0.3, -0.25) is 0 Å². The highest BCUT2D eigenvalue weighted by atomic mass is 19.4. The maximum atomic E-state index is 13.5. The van der Waals surface area contributed by atoms with Crippen molar-refractivity contribution in [2.75, 3.05) is 17.3 Å². The number of alkyl halides is 3. The zero-order valence-electron chi connectivity index (χ0n) is 15.9. The van der Waals surface area contributed by atoms with E-state index in [4.69, 9.17) is 0 Å². The predicted octanol–water partition coefficient (Wildman–Crippen LogP) is 5.88. The quantitative estimate of drug-likeness (QED) is 0.595. The Morgan fingerprint density at radius 1 is 1.04 bits per heavy atom. The zero-order chi connectivity index (χ0) is 20.3. The SMILES string of the molecule is CCc1ccc(N(C)c2nc(Nc3ccccc3C)ncc2C(F)(F)F)cc1. The van der Waals surface area contributed by atoms with Gasteiger partial charge in [0.2, 0.25) is 5.95 Å². The summed E-state index contributed by atoms with van der Waals surface area (Å²) in [5.41, 5.74) is 2.52. The van der Waals surface area contributed by atoms with Crippen LogP contribution in [0.4, 0.5) is 36.3 Å². The normalized spacial score (nSPS) is 11.4. The first-order chi connectivity index (χ1) is 13.3. The monoisotopic (exact) mass is 386 g/mol. The number of benzene rings is 2. The molecule has 0 atom stereocenters. The smallest absolute Gasteiger partial charge is 0.329 e. The molecular weight excluding hydrogens is 365 g/mol. The van der Waals surface area contributed by atoms with Crippen LogP contribution in [0.1, 0.15) is 23.6 Å². The third-order valence-corrected chi connectivity index (χ3v) is 4.52. The number of nitrogens with one attached hydrogen (secondary N) is 1. The molecule has 4 nitrogen and oxygen atoms in total. The molecule has 0 unspecified atom stereocenters. The van der Waals surface area contributed by atoms with Gasteiger partial charge in [-0.2, -0.15) is 18.2 Å². The van der Waals surface area contributed by atoms with Crippen LogP contribution in [-0.4, -0.2) is 17.0 Å². The fourth-order valence-electron chi connectivity index (χ4n) is 2.80. The Labute approximate surface area is 162 Å². The minimum absolute atomic E-state index is 0.106. The maximum Gasteiger partial charge on any atom is 0.421 e. The van der Waals surface area contributed by atoms with Crippen LogP contribution >= 0.6 is 0 Å². The Hall–Kier alpha value is -3.09. The van der Waals surface area contributed by atoms with Crippen molar-refractivity contribution in [2.45, 2.75) is 26.4 Å². The molecular formula is C21H21F3N4. The molecule has 7 heteroatoms. The van der Waals surface area contributed by atoms with E-state index in [9.17, 15) is 13.2 Å². The van der Waals surface area contributed by atoms with Gasteiger partial charge in [0.25, 0.3) is 0 Å². The molecule has 1 N–H and O–H groups in total. The standard InChI is InChI=1S/C21H21F3N4/c1-4-15-9-11-16(12-10-15)28(3)19-17(21(22,23)24)13-25-20(27-19)26-18-8-6-5-7-14(18)2/h5-13H,4H2,1-3H3,(H,25,26,27). The first kappa shape index (κ1) is 19.7. The van der Waals surface area contributed by atoms with Crippen molar-refractivity contribution in [2.24, 2.45) is 0 Å². The molecule has 0 radical (unpaired) electrons. The summed E-state index contributed by atoms with van der Waals surface area (Å²) in [4.78, 5) is 9.48. The average molecular weight is 386 g/mol. The van der Waals surface area contributed by atoms with E-state index in [1.165, 1.54) is 4.90 Å². The van der Waals surface area contributed by atoms with E-state index in [1.54, 1.807) is 19.2 Å². The largest absolute Gasteiger partial charge is 0.421 e. The Bertz CT molecular complexity index is 953. The molecule has 0 saturated carbocycles. The predicted molar refractivity (Wildman–Crippen MR) is 105 cm³/mol. The number of hydrogen-bond donors (Lipinski definition) is 1. The second-order valence-corrected chi connectivity index (χ2v) is 6.45. The Morgan fingerprint density at radius 2 is 1.71 bits per heavy atom. The Kier molecular flexibility index (Phi) is 5.53. The van der Waals surface area contributed by atoms with Crippen molar-refractivity contribution in [3.8, 4) is 0 Å². The topological polar surface area (TPSA) is 41.1 Å². The molecule has 0 spiro atoms. The van der Waals surface area contributed by atoms with Crippen molar-refractivity contribution in [3.05, 3.63) is 71.4 Å². The van der Waals surface area contributed by atoms with Crippen LogP contribution in [0.2, 0.25) is 0 Å². The number of hydrogen-bond acceptors (Lipinski definition) is 4. The van der Waals surface area contributed by atoms with Gasteiger partial charge >= 0.3 is 6.18 Å². The van der Waals surface area contributed by atoms with Crippen LogP contribution in [0.25, 0.3) is 0 Å². The van der Waals surface area contributed by atoms with Crippen LogP contribution in [0.3, 0.4) is 0 Å². The number of halogens is 3. The molecule has 0 aliphatic carbocycles. The molecule has 0 aliphatic rings. The molecule has 3 aromatic rings.